The molecule has 124 valence electrons. The van der Waals surface area contributed by atoms with E-state index in [0.717, 1.165) is 17.0 Å². The summed E-state index contributed by atoms with van der Waals surface area (Å²) in [6.45, 7) is 1.90. The molecule has 1 aromatic heterocycles. The van der Waals surface area contributed by atoms with Crippen LogP contribution in [0.25, 0.3) is 16.3 Å². The van der Waals surface area contributed by atoms with Crippen LogP contribution in [0.15, 0.2) is 30.1 Å². The molecule has 7 N–H and O–H groups in total. The molecule has 0 amide bonds. The van der Waals surface area contributed by atoms with Crippen LogP contribution in [-0.4, -0.2) is 4.98 Å². The Kier molecular flexibility index (Phi) is 4.81. The minimum atomic E-state index is -4.41. The first-order valence-electron chi connectivity index (χ1n) is 6.67. The van der Waals surface area contributed by atoms with Crippen LogP contribution in [-0.2, 0) is 12.6 Å². The van der Waals surface area contributed by atoms with E-state index in [9.17, 15) is 13.2 Å². The summed E-state index contributed by atoms with van der Waals surface area (Å²) in [5.41, 5.74) is 14.0. The monoisotopic (exact) mass is 343 g/mol. The number of nitrogens with two attached hydrogens (primary N) is 3. The van der Waals surface area contributed by atoms with Gasteiger partial charge in [0, 0.05) is 10.4 Å². The lowest BCUT2D eigenvalue weighted by molar-refractivity contribution is -0.137. The number of hydrogen-bond acceptors (Lipinski definition) is 6. The van der Waals surface area contributed by atoms with E-state index in [1.54, 1.807) is 6.07 Å². The van der Waals surface area contributed by atoms with Gasteiger partial charge in [-0.1, -0.05) is 19.1 Å². The second-order valence-electron chi connectivity index (χ2n) is 4.69. The van der Waals surface area contributed by atoms with E-state index in [1.165, 1.54) is 17.4 Å². The lowest BCUT2D eigenvalue weighted by Crippen LogP contribution is -2.30. The molecule has 2 aromatic rings. The Labute approximate surface area is 135 Å². The summed E-state index contributed by atoms with van der Waals surface area (Å²) in [4.78, 5) is 5.15. The lowest BCUT2D eigenvalue weighted by Gasteiger charge is -2.07. The minimum Gasteiger partial charge on any atom is -0.394 e. The molecule has 2 rings (SSSR count). The normalized spacial score (nSPS) is 12.9. The van der Waals surface area contributed by atoms with Crippen molar-refractivity contribution in [1.29, 1.82) is 0 Å². The molecule has 0 aliphatic rings. The molecular weight excluding hydrogens is 327 g/mol. The van der Waals surface area contributed by atoms with Crippen LogP contribution in [0, 0.1) is 0 Å². The van der Waals surface area contributed by atoms with Crippen molar-refractivity contribution in [2.45, 2.75) is 19.5 Å². The van der Waals surface area contributed by atoms with Gasteiger partial charge in [-0.25, -0.2) is 10.8 Å². The second-order valence-corrected chi connectivity index (χ2v) is 5.78. The van der Waals surface area contributed by atoms with Gasteiger partial charge in [0.25, 0.3) is 0 Å². The van der Waals surface area contributed by atoms with Crippen LogP contribution < -0.4 is 22.7 Å². The first-order chi connectivity index (χ1) is 10.8. The minimum absolute atomic E-state index is 0.0561. The molecule has 0 unspecified atom stereocenters. The highest BCUT2D eigenvalue weighted by Crippen LogP contribution is 2.35. The van der Waals surface area contributed by atoms with Crippen LogP contribution in [0.5, 0.6) is 0 Å². The molecule has 0 aliphatic carbocycles. The number of hydrogen-bond donors (Lipinski definition) is 4. The number of aromatic nitrogens is 1. The van der Waals surface area contributed by atoms with Crippen LogP contribution in [0.2, 0.25) is 0 Å². The molecule has 1 heterocycles. The Morgan fingerprint density at radius 3 is 2.57 bits per heavy atom. The summed E-state index contributed by atoms with van der Waals surface area (Å²) in [6, 6.07) is 5.00. The van der Waals surface area contributed by atoms with E-state index in [-0.39, 0.29) is 11.5 Å². The van der Waals surface area contributed by atoms with Crippen LogP contribution in [0.4, 0.5) is 13.2 Å². The van der Waals surface area contributed by atoms with Crippen molar-refractivity contribution in [3.8, 4) is 10.6 Å². The van der Waals surface area contributed by atoms with Gasteiger partial charge in [0.05, 0.1) is 5.56 Å². The molecule has 0 bridgehead atoms. The predicted octanol–water partition coefficient (Wildman–Crippen LogP) is 2.40. The third kappa shape index (κ3) is 3.57. The Bertz CT molecular complexity index is 736. The van der Waals surface area contributed by atoms with E-state index in [2.05, 4.69) is 10.4 Å². The third-order valence-electron chi connectivity index (χ3n) is 3.16. The Morgan fingerprint density at radius 1 is 1.30 bits per heavy atom. The van der Waals surface area contributed by atoms with E-state index < -0.39 is 11.7 Å². The number of nitrogens with one attached hydrogen (secondary N) is 1. The standard InChI is InChI=1S/C14H16F3N5S/c1-2-9-11(10(18)12(19)22-20)21-13(23-9)7-4-3-5-8(6-7)14(15,16)17/h3-6,22H,2,18-20H2,1H3/b12-10-. The van der Waals surface area contributed by atoms with Crippen molar-refractivity contribution in [2.24, 2.45) is 17.3 Å². The molecule has 0 saturated heterocycles. The maximum Gasteiger partial charge on any atom is 0.416 e. The zero-order valence-electron chi connectivity index (χ0n) is 12.2. The van der Waals surface area contributed by atoms with Crippen LogP contribution in [0.3, 0.4) is 0 Å². The highest BCUT2D eigenvalue weighted by molar-refractivity contribution is 7.15. The summed E-state index contributed by atoms with van der Waals surface area (Å²) in [7, 11) is 0. The number of nitrogens with zero attached hydrogens (tertiary/aromatic N) is 1. The topological polar surface area (TPSA) is 103 Å². The summed E-state index contributed by atoms with van der Waals surface area (Å²) >= 11 is 1.27. The van der Waals surface area contributed by atoms with Gasteiger partial charge < -0.3 is 16.9 Å². The SMILES string of the molecule is CCc1sc(-c2cccc(C(F)(F)F)c2)nc1/C(N)=C(\N)NN. The fourth-order valence-corrected chi connectivity index (χ4v) is 2.97. The van der Waals surface area contributed by atoms with Gasteiger partial charge >= 0.3 is 6.18 Å². The average molecular weight is 343 g/mol. The Hall–Kier alpha value is -2.26. The summed E-state index contributed by atoms with van der Waals surface area (Å²) in [6.07, 6.45) is -3.79. The molecule has 0 saturated carbocycles. The van der Waals surface area contributed by atoms with Crippen molar-refractivity contribution in [1.82, 2.24) is 10.4 Å². The van der Waals surface area contributed by atoms with E-state index in [1.807, 2.05) is 6.92 Å². The highest BCUT2D eigenvalue weighted by atomic mass is 32.1. The predicted molar refractivity (Wildman–Crippen MR) is 84.5 cm³/mol. The number of thiazole rings is 1. The second kappa shape index (κ2) is 6.47. The maximum absolute atomic E-state index is 12.8. The lowest BCUT2D eigenvalue weighted by atomic mass is 10.1. The molecule has 0 spiro atoms. The van der Waals surface area contributed by atoms with Gasteiger partial charge in [0.1, 0.15) is 22.2 Å². The first-order valence-corrected chi connectivity index (χ1v) is 7.49. The number of rotatable bonds is 4. The third-order valence-corrected chi connectivity index (χ3v) is 4.40. The quantitative estimate of drug-likeness (QED) is 0.504. The molecule has 1 aromatic carbocycles. The summed E-state index contributed by atoms with van der Waals surface area (Å²) in [5.74, 6) is 5.28. The van der Waals surface area contributed by atoms with Gasteiger partial charge in [0.15, 0.2) is 0 Å². The number of aryl methyl sites for hydroxylation is 1. The molecule has 0 aliphatic heterocycles. The smallest absolute Gasteiger partial charge is 0.394 e. The van der Waals surface area contributed by atoms with Crippen molar-refractivity contribution >= 4 is 17.0 Å². The molecule has 0 atom stereocenters. The molecule has 0 radical (unpaired) electrons. The van der Waals surface area contributed by atoms with Gasteiger partial charge in [0.2, 0.25) is 0 Å². The summed E-state index contributed by atoms with van der Waals surface area (Å²) in [5, 5.41) is 0.440. The molecule has 5 nitrogen and oxygen atoms in total. The fraction of sp³-hybridized carbons (Fsp3) is 0.214. The first kappa shape index (κ1) is 17.1. The Morgan fingerprint density at radius 2 is 2.00 bits per heavy atom. The van der Waals surface area contributed by atoms with Gasteiger partial charge in [-0.3, -0.25) is 0 Å². The number of hydrazine groups is 1. The van der Waals surface area contributed by atoms with Gasteiger partial charge in [-0.15, -0.1) is 11.3 Å². The highest BCUT2D eigenvalue weighted by Gasteiger charge is 2.30. The molecular formula is C14H16F3N5S. The largest absolute Gasteiger partial charge is 0.416 e. The van der Waals surface area contributed by atoms with Crippen LogP contribution in [0.1, 0.15) is 23.1 Å². The molecule has 23 heavy (non-hydrogen) atoms. The Balaban J connectivity index is 2.52. The molecule has 0 fully saturated rings. The molecule has 9 heteroatoms. The number of alkyl halides is 3. The van der Waals surface area contributed by atoms with Crippen LogP contribution >= 0.6 is 11.3 Å². The van der Waals surface area contributed by atoms with E-state index >= 15 is 0 Å². The van der Waals surface area contributed by atoms with Crippen molar-refractivity contribution in [2.75, 3.05) is 0 Å². The van der Waals surface area contributed by atoms with Gasteiger partial charge in [-0.2, -0.15) is 13.2 Å². The number of benzene rings is 1. The van der Waals surface area contributed by atoms with E-state index in [0.29, 0.717) is 22.7 Å². The zero-order valence-corrected chi connectivity index (χ0v) is 13.1. The van der Waals surface area contributed by atoms with Crippen molar-refractivity contribution in [3.05, 3.63) is 46.2 Å². The fourth-order valence-electron chi connectivity index (χ4n) is 1.96. The average Bonchev–Trinajstić information content (AvgIpc) is 2.97. The zero-order chi connectivity index (χ0) is 17.2. The van der Waals surface area contributed by atoms with Gasteiger partial charge in [-0.05, 0) is 18.6 Å². The van der Waals surface area contributed by atoms with Crippen molar-refractivity contribution < 1.29 is 13.2 Å². The summed E-state index contributed by atoms with van der Waals surface area (Å²) < 4.78 is 38.5. The van der Waals surface area contributed by atoms with Crippen molar-refractivity contribution in [3.63, 3.8) is 0 Å². The number of halogens is 3. The maximum atomic E-state index is 12.8. The van der Waals surface area contributed by atoms with E-state index in [4.69, 9.17) is 17.3 Å².